The van der Waals surface area contributed by atoms with Crippen molar-refractivity contribution in [1.82, 2.24) is 9.78 Å². The lowest BCUT2D eigenvalue weighted by Gasteiger charge is -2.38. The van der Waals surface area contributed by atoms with Crippen molar-refractivity contribution >= 4 is 11.6 Å². The minimum atomic E-state index is -0.175. The second kappa shape index (κ2) is 8.33. The van der Waals surface area contributed by atoms with Crippen molar-refractivity contribution in [3.8, 4) is 0 Å². The van der Waals surface area contributed by atoms with E-state index in [-0.39, 0.29) is 22.8 Å². The predicted octanol–water partition coefficient (Wildman–Crippen LogP) is 6.51. The van der Waals surface area contributed by atoms with E-state index in [2.05, 4.69) is 86.6 Å². The summed E-state index contributed by atoms with van der Waals surface area (Å²) < 4.78 is 2.00. The second-order valence-corrected chi connectivity index (χ2v) is 9.40. The van der Waals surface area contributed by atoms with Gasteiger partial charge in [-0.25, -0.2) is 4.68 Å². The van der Waals surface area contributed by atoms with Crippen molar-refractivity contribution < 1.29 is 4.79 Å². The molecule has 0 amide bonds. The lowest BCUT2D eigenvalue weighted by Crippen LogP contribution is -2.38. The predicted molar refractivity (Wildman–Crippen MR) is 127 cm³/mol. The Balaban J connectivity index is 1.68. The maximum atomic E-state index is 13.6. The summed E-state index contributed by atoms with van der Waals surface area (Å²) in [5.41, 5.74) is 2.85. The Hall–Kier alpha value is -2.88. The van der Waals surface area contributed by atoms with E-state index >= 15 is 0 Å². The van der Waals surface area contributed by atoms with E-state index < -0.39 is 0 Å². The molecule has 0 saturated carbocycles. The summed E-state index contributed by atoms with van der Waals surface area (Å²) in [4.78, 5) is 13.6. The number of nitrogens with zero attached hydrogens (tertiary/aromatic N) is 2. The third kappa shape index (κ3) is 3.91. The SMILES string of the molecule is CCC(CC)(CC(=O)c1cnn2c1N[C@@H](c1ccccc1)CC2(C)C)c1ccccc1. The fourth-order valence-corrected chi connectivity index (χ4v) is 5.04. The first-order valence-corrected chi connectivity index (χ1v) is 11.4. The molecule has 1 aliphatic heterocycles. The number of carbonyl (C=O) groups excluding carboxylic acids is 1. The van der Waals surface area contributed by atoms with Crippen LogP contribution in [0.3, 0.4) is 0 Å². The van der Waals surface area contributed by atoms with Gasteiger partial charge in [-0.15, -0.1) is 0 Å². The maximum absolute atomic E-state index is 13.6. The van der Waals surface area contributed by atoms with Crippen LogP contribution in [0, 0.1) is 0 Å². The standard InChI is InChI=1S/C27H33N3O/c1-5-27(6-2,21-15-11-8-12-16-21)18-24(31)22-19-28-30-25(22)29-23(17-26(30,3)4)20-13-9-7-10-14-20/h7-16,19,23,29H,5-6,17-18H2,1-4H3/t23-/m1/s1. The van der Waals surface area contributed by atoms with E-state index in [9.17, 15) is 4.79 Å². The average molecular weight is 416 g/mol. The molecule has 4 nitrogen and oxygen atoms in total. The number of aromatic nitrogens is 2. The third-order valence-corrected chi connectivity index (χ3v) is 7.10. The Kier molecular flexibility index (Phi) is 5.74. The van der Waals surface area contributed by atoms with Crippen LogP contribution in [-0.2, 0) is 11.0 Å². The van der Waals surface area contributed by atoms with Gasteiger partial charge in [-0.05, 0) is 44.2 Å². The van der Waals surface area contributed by atoms with Crippen LogP contribution in [0.4, 0.5) is 5.82 Å². The van der Waals surface area contributed by atoms with Gasteiger partial charge < -0.3 is 5.32 Å². The van der Waals surface area contributed by atoms with Gasteiger partial charge in [0.15, 0.2) is 5.78 Å². The van der Waals surface area contributed by atoms with Gasteiger partial charge in [-0.3, -0.25) is 4.79 Å². The van der Waals surface area contributed by atoms with Crippen molar-refractivity contribution in [2.75, 3.05) is 5.32 Å². The quantitative estimate of drug-likeness (QED) is 0.448. The summed E-state index contributed by atoms with van der Waals surface area (Å²) >= 11 is 0. The minimum absolute atomic E-state index is 0.156. The number of carbonyl (C=O) groups is 1. The van der Waals surface area contributed by atoms with E-state index in [0.29, 0.717) is 12.0 Å². The smallest absolute Gasteiger partial charge is 0.169 e. The third-order valence-electron chi connectivity index (χ3n) is 7.10. The summed E-state index contributed by atoms with van der Waals surface area (Å²) in [6, 6.07) is 21.1. The first kappa shape index (κ1) is 21.4. The number of nitrogens with one attached hydrogen (secondary N) is 1. The highest BCUT2D eigenvalue weighted by Gasteiger charge is 2.38. The van der Waals surface area contributed by atoms with Crippen molar-refractivity contribution in [1.29, 1.82) is 0 Å². The molecule has 3 aromatic rings. The number of Topliss-reactive ketones (excluding diaryl/α,β-unsaturated/α-hetero) is 1. The molecule has 0 saturated heterocycles. The van der Waals surface area contributed by atoms with Gasteiger partial charge in [0.1, 0.15) is 5.82 Å². The summed E-state index contributed by atoms with van der Waals surface area (Å²) in [6.45, 7) is 8.76. The summed E-state index contributed by atoms with van der Waals surface area (Å²) in [7, 11) is 0. The molecule has 0 unspecified atom stereocenters. The first-order chi connectivity index (χ1) is 14.9. The highest BCUT2D eigenvalue weighted by molar-refractivity contribution is 6.01. The molecule has 162 valence electrons. The van der Waals surface area contributed by atoms with Crippen molar-refractivity contribution in [3.63, 3.8) is 0 Å². The molecule has 1 aromatic heterocycles. The average Bonchev–Trinajstić information content (AvgIpc) is 3.24. The molecule has 4 rings (SSSR count). The molecule has 2 aromatic carbocycles. The fourth-order valence-electron chi connectivity index (χ4n) is 5.04. The molecule has 0 radical (unpaired) electrons. The number of hydrogen-bond donors (Lipinski definition) is 1. The second-order valence-electron chi connectivity index (χ2n) is 9.40. The largest absolute Gasteiger partial charge is 0.363 e. The minimum Gasteiger partial charge on any atom is -0.363 e. The topological polar surface area (TPSA) is 46.9 Å². The zero-order chi connectivity index (χ0) is 22.1. The van der Waals surface area contributed by atoms with Crippen molar-refractivity contribution in [2.45, 2.75) is 70.4 Å². The van der Waals surface area contributed by atoms with Gasteiger partial charge in [0.2, 0.25) is 0 Å². The van der Waals surface area contributed by atoms with Crippen LogP contribution in [0.25, 0.3) is 0 Å². The normalized spacial score (nSPS) is 17.6. The molecule has 0 spiro atoms. The number of hydrogen-bond acceptors (Lipinski definition) is 3. The molecule has 0 bridgehead atoms. The van der Waals surface area contributed by atoms with Crippen LogP contribution in [0.5, 0.6) is 0 Å². The number of rotatable bonds is 7. The Labute approximate surface area is 185 Å². The van der Waals surface area contributed by atoms with Gasteiger partial charge in [0, 0.05) is 11.8 Å². The van der Waals surface area contributed by atoms with Gasteiger partial charge in [-0.2, -0.15) is 5.10 Å². The molecule has 4 heteroatoms. The Morgan fingerprint density at radius 3 is 2.29 bits per heavy atom. The molecule has 1 N–H and O–H groups in total. The highest BCUT2D eigenvalue weighted by atomic mass is 16.1. The van der Waals surface area contributed by atoms with Crippen LogP contribution in [0.1, 0.15) is 80.9 Å². The number of anilines is 1. The maximum Gasteiger partial charge on any atom is 0.169 e. The molecule has 0 aliphatic carbocycles. The molecule has 2 heterocycles. The van der Waals surface area contributed by atoms with E-state index in [0.717, 1.165) is 25.1 Å². The number of ketones is 1. The summed E-state index contributed by atoms with van der Waals surface area (Å²) in [5.74, 6) is 1.01. The number of fused-ring (bicyclic) bond motifs is 1. The summed E-state index contributed by atoms with van der Waals surface area (Å²) in [6.07, 6.45) is 5.02. The molecular formula is C27H33N3O. The fraction of sp³-hybridized carbons (Fsp3) is 0.407. The lowest BCUT2D eigenvalue weighted by atomic mass is 9.71. The zero-order valence-electron chi connectivity index (χ0n) is 19.1. The summed E-state index contributed by atoms with van der Waals surface area (Å²) in [5, 5.41) is 8.29. The lowest BCUT2D eigenvalue weighted by molar-refractivity contribution is 0.0944. The van der Waals surface area contributed by atoms with Crippen molar-refractivity contribution in [2.24, 2.45) is 0 Å². The van der Waals surface area contributed by atoms with Gasteiger partial charge in [-0.1, -0.05) is 74.5 Å². The van der Waals surface area contributed by atoms with Crippen molar-refractivity contribution in [3.05, 3.63) is 83.6 Å². The molecular weight excluding hydrogens is 382 g/mol. The molecule has 1 aliphatic rings. The molecule has 31 heavy (non-hydrogen) atoms. The molecule has 0 fully saturated rings. The van der Waals surface area contributed by atoms with E-state index in [1.807, 2.05) is 16.8 Å². The Bertz CT molecular complexity index is 1030. The van der Waals surface area contributed by atoms with E-state index in [4.69, 9.17) is 0 Å². The zero-order valence-corrected chi connectivity index (χ0v) is 19.1. The van der Waals surface area contributed by atoms with Gasteiger partial charge in [0.05, 0.1) is 23.3 Å². The van der Waals surface area contributed by atoms with Gasteiger partial charge in [0.25, 0.3) is 0 Å². The number of benzene rings is 2. The Morgan fingerprint density at radius 2 is 1.68 bits per heavy atom. The van der Waals surface area contributed by atoms with Crippen LogP contribution >= 0.6 is 0 Å². The monoisotopic (exact) mass is 415 g/mol. The van der Waals surface area contributed by atoms with Crippen LogP contribution in [0.15, 0.2) is 66.9 Å². The van der Waals surface area contributed by atoms with Crippen LogP contribution < -0.4 is 5.32 Å². The Morgan fingerprint density at radius 1 is 1.06 bits per heavy atom. The van der Waals surface area contributed by atoms with Gasteiger partial charge >= 0.3 is 0 Å². The first-order valence-electron chi connectivity index (χ1n) is 11.4. The van der Waals surface area contributed by atoms with E-state index in [1.165, 1.54) is 11.1 Å². The molecule has 1 atom stereocenters. The van der Waals surface area contributed by atoms with Crippen LogP contribution in [0.2, 0.25) is 0 Å². The van der Waals surface area contributed by atoms with Crippen LogP contribution in [-0.4, -0.2) is 15.6 Å². The van der Waals surface area contributed by atoms with E-state index in [1.54, 1.807) is 6.20 Å². The highest BCUT2D eigenvalue weighted by Crippen LogP contribution is 2.42.